The van der Waals surface area contributed by atoms with E-state index < -0.39 is 0 Å². The van der Waals surface area contributed by atoms with E-state index in [0.29, 0.717) is 29.0 Å². The molecular weight excluding hydrogens is 320 g/mol. The molecule has 142 valence electrons. The number of rotatable bonds is 1. The van der Waals surface area contributed by atoms with Crippen molar-refractivity contribution in [2.24, 2.45) is 34.5 Å². The summed E-state index contributed by atoms with van der Waals surface area (Å²) in [7, 11) is 0. The fourth-order valence-corrected chi connectivity index (χ4v) is 7.86. The Morgan fingerprint density at radius 1 is 1.12 bits per heavy atom. The van der Waals surface area contributed by atoms with E-state index in [4.69, 9.17) is 0 Å². The molecular formula is C24H34O2. The molecule has 0 aromatic rings. The molecule has 3 fully saturated rings. The van der Waals surface area contributed by atoms with E-state index in [-0.39, 0.29) is 17.4 Å². The molecule has 5 aliphatic carbocycles. The van der Waals surface area contributed by atoms with Crippen LogP contribution in [0.5, 0.6) is 0 Å². The average Bonchev–Trinajstić information content (AvgIpc) is 3.25. The summed E-state index contributed by atoms with van der Waals surface area (Å²) >= 11 is 0. The number of ketones is 1. The lowest BCUT2D eigenvalue weighted by Gasteiger charge is -2.57. The van der Waals surface area contributed by atoms with Gasteiger partial charge in [-0.25, -0.2) is 0 Å². The Hall–Kier alpha value is -0.890. The highest BCUT2D eigenvalue weighted by molar-refractivity contribution is 5.94. The third-order valence-electron chi connectivity index (χ3n) is 9.34. The van der Waals surface area contributed by atoms with Gasteiger partial charge in [0.1, 0.15) is 0 Å². The number of hydrogen-bond acceptors (Lipinski definition) is 2. The van der Waals surface area contributed by atoms with Crippen LogP contribution >= 0.6 is 0 Å². The first-order valence-electron chi connectivity index (χ1n) is 11.0. The van der Waals surface area contributed by atoms with Gasteiger partial charge in [0.15, 0.2) is 5.78 Å². The molecule has 0 heterocycles. The van der Waals surface area contributed by atoms with Gasteiger partial charge in [0, 0.05) is 11.8 Å². The first-order valence-corrected chi connectivity index (χ1v) is 11.0. The van der Waals surface area contributed by atoms with Crippen LogP contribution in [0.25, 0.3) is 0 Å². The Bertz CT molecular complexity index is 688. The van der Waals surface area contributed by atoms with Crippen LogP contribution in [0.3, 0.4) is 0 Å². The van der Waals surface area contributed by atoms with Gasteiger partial charge in [0.25, 0.3) is 0 Å². The predicted molar refractivity (Wildman–Crippen MR) is 104 cm³/mol. The standard InChI is InChI=1S/C24H34O2/c1-23-10-5-8-18(23)22-19(9-11-23)24(2)14-17(15-6-3-4-7-15)20(25)12-16(24)13-21(22)26/h6,13,17-20,22,25H,3-5,7-12,14H2,1-2H3/t17?,18-,19+,20?,22-,23-,24-/m0/s1. The summed E-state index contributed by atoms with van der Waals surface area (Å²) in [6.07, 6.45) is 15.9. The number of carbonyl (C=O) groups excluding carboxylic acids is 1. The van der Waals surface area contributed by atoms with Crippen LogP contribution in [0.1, 0.15) is 78.1 Å². The summed E-state index contributed by atoms with van der Waals surface area (Å²) < 4.78 is 0. The first-order chi connectivity index (χ1) is 12.4. The third kappa shape index (κ3) is 2.30. The predicted octanol–water partition coefficient (Wildman–Crippen LogP) is 5.22. The smallest absolute Gasteiger partial charge is 0.159 e. The molecule has 0 aromatic carbocycles. The number of allylic oxidation sites excluding steroid dienone is 2. The molecule has 0 radical (unpaired) electrons. The summed E-state index contributed by atoms with van der Waals surface area (Å²) in [5, 5.41) is 10.9. The molecule has 5 aliphatic rings. The molecule has 1 N–H and O–H groups in total. The van der Waals surface area contributed by atoms with Gasteiger partial charge in [-0.2, -0.15) is 0 Å². The lowest BCUT2D eigenvalue weighted by Crippen LogP contribution is -2.54. The van der Waals surface area contributed by atoms with E-state index in [1.165, 1.54) is 62.5 Å². The first kappa shape index (κ1) is 17.2. The van der Waals surface area contributed by atoms with Gasteiger partial charge in [-0.15, -0.1) is 0 Å². The van der Waals surface area contributed by atoms with Crippen molar-refractivity contribution in [3.8, 4) is 0 Å². The quantitative estimate of drug-likeness (QED) is 0.656. The van der Waals surface area contributed by atoms with Crippen molar-refractivity contribution in [2.45, 2.75) is 84.2 Å². The SMILES string of the molecule is C[C@@]12CCC[C@H]1[C@@H]1C(=O)C=C3CC(O)C(C4=CCCC4)C[C@]3(C)[C@@H]1CC2. The van der Waals surface area contributed by atoms with Crippen molar-refractivity contribution in [1.29, 1.82) is 0 Å². The number of aliphatic hydroxyl groups excluding tert-OH is 1. The van der Waals surface area contributed by atoms with Gasteiger partial charge in [-0.1, -0.05) is 37.5 Å². The fraction of sp³-hybridized carbons (Fsp3) is 0.792. The molecule has 2 unspecified atom stereocenters. The van der Waals surface area contributed by atoms with E-state index in [0.717, 1.165) is 12.8 Å². The van der Waals surface area contributed by atoms with Crippen LogP contribution in [-0.2, 0) is 4.79 Å². The molecule has 5 rings (SSSR count). The monoisotopic (exact) mass is 354 g/mol. The maximum atomic E-state index is 13.2. The van der Waals surface area contributed by atoms with Crippen molar-refractivity contribution >= 4 is 5.78 Å². The summed E-state index contributed by atoms with van der Waals surface area (Å²) in [5.41, 5.74) is 3.30. The summed E-state index contributed by atoms with van der Waals surface area (Å²) in [6.45, 7) is 4.89. The normalized spacial score (nSPS) is 50.6. The van der Waals surface area contributed by atoms with Crippen LogP contribution in [-0.4, -0.2) is 17.0 Å². The summed E-state index contributed by atoms with van der Waals surface area (Å²) in [6, 6.07) is 0. The number of fused-ring (bicyclic) bond motifs is 5. The Kier molecular flexibility index (Phi) is 3.84. The van der Waals surface area contributed by atoms with Gasteiger partial charge >= 0.3 is 0 Å². The van der Waals surface area contributed by atoms with Gasteiger partial charge in [-0.05, 0) is 86.5 Å². The zero-order valence-corrected chi connectivity index (χ0v) is 16.5. The third-order valence-corrected chi connectivity index (χ3v) is 9.34. The van der Waals surface area contributed by atoms with Gasteiger partial charge in [0.05, 0.1) is 6.10 Å². The lowest BCUT2D eigenvalue weighted by molar-refractivity contribution is -0.133. The second-order valence-electron chi connectivity index (χ2n) is 10.6. The van der Waals surface area contributed by atoms with Gasteiger partial charge in [-0.3, -0.25) is 4.79 Å². The minimum atomic E-state index is -0.289. The highest BCUT2D eigenvalue weighted by Crippen LogP contribution is 2.65. The molecule has 0 saturated heterocycles. The number of carbonyl (C=O) groups is 1. The number of hydrogen-bond donors (Lipinski definition) is 1. The molecule has 0 aliphatic heterocycles. The van der Waals surface area contributed by atoms with Crippen LogP contribution in [0.2, 0.25) is 0 Å². The zero-order valence-electron chi connectivity index (χ0n) is 16.5. The van der Waals surface area contributed by atoms with E-state index in [1.54, 1.807) is 0 Å². The van der Waals surface area contributed by atoms with E-state index in [9.17, 15) is 9.90 Å². The van der Waals surface area contributed by atoms with Crippen LogP contribution in [0.4, 0.5) is 0 Å². The molecule has 0 amide bonds. The van der Waals surface area contributed by atoms with Crippen molar-refractivity contribution in [2.75, 3.05) is 0 Å². The van der Waals surface area contributed by atoms with E-state index in [2.05, 4.69) is 19.9 Å². The molecule has 0 bridgehead atoms. The minimum Gasteiger partial charge on any atom is -0.392 e. The Morgan fingerprint density at radius 3 is 2.73 bits per heavy atom. The molecule has 2 heteroatoms. The van der Waals surface area contributed by atoms with Crippen molar-refractivity contribution in [3.63, 3.8) is 0 Å². The largest absolute Gasteiger partial charge is 0.392 e. The van der Waals surface area contributed by atoms with E-state index in [1.807, 2.05) is 6.08 Å². The molecule has 0 spiro atoms. The zero-order chi connectivity index (χ0) is 18.1. The highest BCUT2D eigenvalue weighted by Gasteiger charge is 2.59. The maximum Gasteiger partial charge on any atom is 0.159 e. The van der Waals surface area contributed by atoms with Crippen LogP contribution in [0.15, 0.2) is 23.3 Å². The van der Waals surface area contributed by atoms with E-state index >= 15 is 0 Å². The maximum absolute atomic E-state index is 13.2. The van der Waals surface area contributed by atoms with Crippen LogP contribution in [0, 0.1) is 34.5 Å². The van der Waals surface area contributed by atoms with Crippen LogP contribution < -0.4 is 0 Å². The second kappa shape index (κ2) is 5.80. The Labute approximate surface area is 158 Å². The highest BCUT2D eigenvalue weighted by atomic mass is 16.3. The molecule has 7 atom stereocenters. The fourth-order valence-electron chi connectivity index (χ4n) is 7.86. The average molecular weight is 355 g/mol. The minimum absolute atomic E-state index is 0.121. The Balaban J connectivity index is 1.52. The van der Waals surface area contributed by atoms with Gasteiger partial charge in [0.2, 0.25) is 0 Å². The van der Waals surface area contributed by atoms with Crippen molar-refractivity contribution in [1.82, 2.24) is 0 Å². The summed E-state index contributed by atoms with van der Waals surface area (Å²) in [4.78, 5) is 13.2. The molecule has 26 heavy (non-hydrogen) atoms. The lowest BCUT2D eigenvalue weighted by atomic mass is 9.46. The molecule has 0 aromatic heterocycles. The number of aliphatic hydroxyl groups is 1. The molecule has 3 saturated carbocycles. The Morgan fingerprint density at radius 2 is 1.96 bits per heavy atom. The van der Waals surface area contributed by atoms with Crippen molar-refractivity contribution < 1.29 is 9.90 Å². The van der Waals surface area contributed by atoms with Gasteiger partial charge < -0.3 is 5.11 Å². The topological polar surface area (TPSA) is 37.3 Å². The molecule has 2 nitrogen and oxygen atoms in total. The second-order valence-corrected chi connectivity index (χ2v) is 10.6. The van der Waals surface area contributed by atoms with Crippen molar-refractivity contribution in [3.05, 3.63) is 23.3 Å². The summed E-state index contributed by atoms with van der Waals surface area (Å²) in [5.74, 6) is 2.07.